The molecule has 2 aromatic rings. The fourth-order valence-electron chi connectivity index (χ4n) is 3.38. The van der Waals surface area contributed by atoms with Crippen molar-refractivity contribution in [3.8, 4) is 0 Å². The normalized spacial score (nSPS) is 17.3. The van der Waals surface area contributed by atoms with E-state index in [4.69, 9.17) is 0 Å². The van der Waals surface area contributed by atoms with Gasteiger partial charge in [0.15, 0.2) is 0 Å². The summed E-state index contributed by atoms with van der Waals surface area (Å²) in [5.41, 5.74) is 1.54. The highest BCUT2D eigenvalue weighted by Crippen LogP contribution is 2.31. The predicted octanol–water partition coefficient (Wildman–Crippen LogP) is 4.72. The first kappa shape index (κ1) is 18.8. The molecular formula is C18H21F3IN3. The van der Waals surface area contributed by atoms with Crippen LogP contribution in [0.2, 0.25) is 0 Å². The van der Waals surface area contributed by atoms with E-state index >= 15 is 0 Å². The molecule has 1 fully saturated rings. The van der Waals surface area contributed by atoms with Crippen molar-refractivity contribution < 1.29 is 13.2 Å². The number of piperidine rings is 1. The van der Waals surface area contributed by atoms with Gasteiger partial charge in [0.1, 0.15) is 6.54 Å². The zero-order valence-corrected chi connectivity index (χ0v) is 16.0. The summed E-state index contributed by atoms with van der Waals surface area (Å²) in [6, 6.07) is 7.69. The fraction of sp³-hybridized carbons (Fsp3) is 0.444. The van der Waals surface area contributed by atoms with Crippen molar-refractivity contribution in [2.75, 3.05) is 25.0 Å². The molecule has 1 aliphatic rings. The third kappa shape index (κ3) is 4.61. The number of fused-ring (bicyclic) bond motifs is 1. The van der Waals surface area contributed by atoms with E-state index in [2.05, 4.69) is 17.1 Å². The molecule has 1 saturated heterocycles. The first-order chi connectivity index (χ1) is 11.9. The molecule has 7 heteroatoms. The van der Waals surface area contributed by atoms with Gasteiger partial charge in [0, 0.05) is 36.7 Å². The average Bonchev–Trinajstić information content (AvgIpc) is 2.85. The zero-order valence-electron chi connectivity index (χ0n) is 13.8. The average molecular weight is 463 g/mol. The molecule has 0 spiro atoms. The molecule has 0 amide bonds. The van der Waals surface area contributed by atoms with E-state index in [1.54, 1.807) is 6.07 Å². The molecular weight excluding hydrogens is 442 g/mol. The monoisotopic (exact) mass is 463 g/mol. The molecule has 2 radical (unpaired) electrons. The molecule has 1 aliphatic heterocycles. The largest absolute Gasteiger partial charge is 0.406 e. The Morgan fingerprint density at radius 1 is 1.28 bits per heavy atom. The number of halogens is 4. The lowest BCUT2D eigenvalue weighted by Gasteiger charge is -2.32. The van der Waals surface area contributed by atoms with E-state index in [-0.39, 0.29) is 0 Å². The van der Waals surface area contributed by atoms with Crippen molar-refractivity contribution in [3.63, 3.8) is 0 Å². The van der Waals surface area contributed by atoms with Crippen LogP contribution in [0.4, 0.5) is 18.9 Å². The van der Waals surface area contributed by atoms with E-state index in [0.29, 0.717) is 15.3 Å². The van der Waals surface area contributed by atoms with Crippen LogP contribution in [0.1, 0.15) is 12.8 Å². The summed E-state index contributed by atoms with van der Waals surface area (Å²) in [7, 11) is 0. The van der Waals surface area contributed by atoms with Crippen molar-refractivity contribution >= 4 is 39.2 Å². The molecule has 0 atom stereocenters. The Labute approximate surface area is 159 Å². The highest BCUT2D eigenvalue weighted by molar-refractivity contribution is 14.1. The van der Waals surface area contributed by atoms with Gasteiger partial charge in [-0.05, 0) is 67.0 Å². The molecule has 0 saturated carbocycles. The summed E-state index contributed by atoms with van der Waals surface area (Å²) in [6.45, 7) is 5.73. The molecule has 0 unspecified atom stereocenters. The van der Waals surface area contributed by atoms with E-state index in [9.17, 15) is 13.2 Å². The minimum absolute atomic E-state index is 0.343. The van der Waals surface area contributed by atoms with Gasteiger partial charge in [0.25, 0.3) is 0 Å². The second-order valence-corrected chi connectivity index (χ2v) is 7.52. The number of nitrogens with zero attached hydrogens (tertiary/aromatic N) is 2. The van der Waals surface area contributed by atoms with Crippen LogP contribution in [0.3, 0.4) is 0 Å². The summed E-state index contributed by atoms with van der Waals surface area (Å²) in [5, 5.41) is 4.39. The SMILES string of the molecule is [CH2][CH]CN1CCC(Nc2cccc3c2cc(I)n3CC(F)(F)F)CC1. The number of aromatic nitrogens is 1. The molecule has 0 bridgehead atoms. The Bertz CT molecular complexity index is 718. The van der Waals surface area contributed by atoms with Gasteiger partial charge in [-0.2, -0.15) is 13.2 Å². The number of nitrogens with one attached hydrogen (secondary N) is 1. The molecule has 0 aliphatic carbocycles. The van der Waals surface area contributed by atoms with E-state index in [1.165, 1.54) is 4.57 Å². The van der Waals surface area contributed by atoms with Crippen molar-refractivity contribution in [2.45, 2.75) is 31.6 Å². The Kier molecular flexibility index (Phi) is 5.82. The van der Waals surface area contributed by atoms with Gasteiger partial charge in [-0.1, -0.05) is 6.07 Å². The number of hydrogen-bond donors (Lipinski definition) is 1. The zero-order chi connectivity index (χ0) is 18.0. The van der Waals surface area contributed by atoms with Crippen LogP contribution in [0.15, 0.2) is 24.3 Å². The molecule has 3 nitrogen and oxygen atoms in total. The molecule has 25 heavy (non-hydrogen) atoms. The number of benzene rings is 1. The molecule has 1 N–H and O–H groups in total. The Morgan fingerprint density at radius 2 is 2.00 bits per heavy atom. The van der Waals surface area contributed by atoms with Gasteiger partial charge in [-0.15, -0.1) is 0 Å². The van der Waals surface area contributed by atoms with Crippen LogP contribution >= 0.6 is 22.6 Å². The maximum atomic E-state index is 12.8. The van der Waals surface area contributed by atoms with Gasteiger partial charge in [-0.3, -0.25) is 0 Å². The highest BCUT2D eigenvalue weighted by atomic mass is 127. The van der Waals surface area contributed by atoms with E-state index in [0.717, 1.165) is 43.5 Å². The van der Waals surface area contributed by atoms with Crippen LogP contribution < -0.4 is 5.32 Å². The maximum absolute atomic E-state index is 12.8. The van der Waals surface area contributed by atoms with Crippen molar-refractivity contribution in [3.05, 3.63) is 41.3 Å². The lowest BCUT2D eigenvalue weighted by Crippen LogP contribution is -2.39. The van der Waals surface area contributed by atoms with Crippen LogP contribution in [0.5, 0.6) is 0 Å². The minimum Gasteiger partial charge on any atom is -0.382 e. The minimum atomic E-state index is -4.23. The summed E-state index contributed by atoms with van der Waals surface area (Å²) in [6.07, 6.45) is -0.276. The molecule has 1 aromatic carbocycles. The second kappa shape index (κ2) is 7.73. The smallest absolute Gasteiger partial charge is 0.382 e. The maximum Gasteiger partial charge on any atom is 0.406 e. The fourth-order valence-corrected chi connectivity index (χ4v) is 4.12. The van der Waals surface area contributed by atoms with Crippen LogP contribution in [-0.4, -0.2) is 41.3 Å². The van der Waals surface area contributed by atoms with Crippen LogP contribution in [-0.2, 0) is 6.54 Å². The predicted molar refractivity (Wildman–Crippen MR) is 103 cm³/mol. The van der Waals surface area contributed by atoms with Gasteiger partial charge < -0.3 is 14.8 Å². The number of alkyl halides is 3. The number of likely N-dealkylation sites (tertiary alicyclic amines) is 1. The quantitative estimate of drug-likeness (QED) is 0.648. The Morgan fingerprint density at radius 3 is 2.64 bits per heavy atom. The Balaban J connectivity index is 1.78. The van der Waals surface area contributed by atoms with Gasteiger partial charge in [0.2, 0.25) is 0 Å². The van der Waals surface area contributed by atoms with E-state index in [1.807, 2.05) is 47.2 Å². The van der Waals surface area contributed by atoms with Gasteiger partial charge in [-0.25, -0.2) is 0 Å². The standard InChI is InChI=1S/C18H21F3IN3/c1-2-8-24-9-6-13(7-10-24)23-15-4-3-5-16-14(15)11-17(22)25(16)12-18(19,20)21/h2-5,11,13,23H,1,6-10,12H2. The van der Waals surface area contributed by atoms with Crippen molar-refractivity contribution in [1.29, 1.82) is 0 Å². The van der Waals surface area contributed by atoms with Crippen LogP contribution in [0, 0.1) is 17.0 Å². The van der Waals surface area contributed by atoms with Crippen molar-refractivity contribution in [1.82, 2.24) is 9.47 Å². The first-order valence-electron chi connectivity index (χ1n) is 8.31. The molecule has 1 aromatic heterocycles. The summed E-state index contributed by atoms with van der Waals surface area (Å²) in [5.74, 6) is 0. The van der Waals surface area contributed by atoms with E-state index < -0.39 is 12.7 Å². The number of anilines is 1. The number of hydrogen-bond acceptors (Lipinski definition) is 2. The van der Waals surface area contributed by atoms with Gasteiger partial charge in [0.05, 0.1) is 9.22 Å². The molecule has 2 heterocycles. The summed E-state index contributed by atoms with van der Waals surface area (Å²) in [4.78, 5) is 2.36. The summed E-state index contributed by atoms with van der Waals surface area (Å²) >= 11 is 1.97. The Hall–Kier alpha value is -0.960. The molecule has 3 rings (SSSR count). The highest BCUT2D eigenvalue weighted by Gasteiger charge is 2.30. The number of rotatable bonds is 5. The molecule has 136 valence electrons. The second-order valence-electron chi connectivity index (χ2n) is 6.41. The lowest BCUT2D eigenvalue weighted by molar-refractivity contribution is -0.140. The topological polar surface area (TPSA) is 20.2 Å². The third-order valence-electron chi connectivity index (χ3n) is 4.57. The lowest BCUT2D eigenvalue weighted by atomic mass is 10.0. The third-order valence-corrected chi connectivity index (χ3v) is 5.46. The van der Waals surface area contributed by atoms with Crippen molar-refractivity contribution in [2.24, 2.45) is 0 Å². The first-order valence-corrected chi connectivity index (χ1v) is 9.39. The van der Waals surface area contributed by atoms with Crippen LogP contribution in [0.25, 0.3) is 10.9 Å². The summed E-state index contributed by atoms with van der Waals surface area (Å²) < 4.78 is 40.5. The van der Waals surface area contributed by atoms with Gasteiger partial charge >= 0.3 is 6.18 Å².